The van der Waals surface area contributed by atoms with Gasteiger partial charge in [0.2, 0.25) is 0 Å². The van der Waals surface area contributed by atoms with Gasteiger partial charge in [-0.3, -0.25) is 0 Å². The van der Waals surface area contributed by atoms with Gasteiger partial charge in [0, 0.05) is 11.4 Å². The molecule has 0 aliphatic carbocycles. The maximum Gasteiger partial charge on any atom is 0.337 e. The fraction of sp³-hybridized carbons (Fsp3) is 0.267. The summed E-state index contributed by atoms with van der Waals surface area (Å²) in [6, 6.07) is 7.45. The summed E-state index contributed by atoms with van der Waals surface area (Å²) in [7, 11) is 0. The third kappa shape index (κ3) is 2.96. The number of benzene rings is 1. The minimum absolute atomic E-state index is 0.328. The van der Waals surface area contributed by atoms with Crippen LogP contribution in [0.15, 0.2) is 29.6 Å². The Hall–Kier alpha value is -1.81. The highest BCUT2D eigenvalue weighted by molar-refractivity contribution is 7.10. The molecule has 0 fully saturated rings. The van der Waals surface area contributed by atoms with E-state index in [-0.39, 0.29) is 0 Å². The topological polar surface area (TPSA) is 49.3 Å². The van der Waals surface area contributed by atoms with Crippen LogP contribution in [0.1, 0.15) is 33.3 Å². The zero-order chi connectivity index (χ0) is 13.8. The van der Waals surface area contributed by atoms with Gasteiger partial charge >= 0.3 is 5.97 Å². The number of aryl methyl sites for hydroxylation is 2. The first kappa shape index (κ1) is 13.6. The Morgan fingerprint density at radius 3 is 2.84 bits per heavy atom. The Morgan fingerprint density at radius 2 is 2.16 bits per heavy atom. The van der Waals surface area contributed by atoms with Crippen molar-refractivity contribution in [3.8, 4) is 0 Å². The number of anilines is 1. The number of para-hydroxylation sites is 1. The molecular weight excluding hydrogens is 258 g/mol. The predicted molar refractivity (Wildman–Crippen MR) is 79.2 cm³/mol. The van der Waals surface area contributed by atoms with Gasteiger partial charge in [0.05, 0.1) is 11.3 Å². The number of hydrogen-bond acceptors (Lipinski definition) is 3. The SMILES string of the molecule is CCc1ccsc1CNc1c(C)cccc1C(=O)O. The van der Waals surface area contributed by atoms with Gasteiger partial charge in [-0.25, -0.2) is 4.79 Å². The monoisotopic (exact) mass is 275 g/mol. The van der Waals surface area contributed by atoms with Crippen molar-refractivity contribution in [2.45, 2.75) is 26.8 Å². The van der Waals surface area contributed by atoms with E-state index in [1.54, 1.807) is 23.5 Å². The van der Waals surface area contributed by atoms with Crippen LogP contribution in [0.25, 0.3) is 0 Å². The second-order valence-corrected chi connectivity index (χ2v) is 5.38. The molecule has 0 amide bonds. The molecule has 0 aliphatic rings. The summed E-state index contributed by atoms with van der Waals surface area (Å²) in [4.78, 5) is 12.5. The molecule has 0 atom stereocenters. The Balaban J connectivity index is 2.22. The lowest BCUT2D eigenvalue weighted by Crippen LogP contribution is -2.08. The lowest BCUT2D eigenvalue weighted by molar-refractivity contribution is 0.0698. The first-order chi connectivity index (χ1) is 9.13. The second-order valence-electron chi connectivity index (χ2n) is 4.38. The van der Waals surface area contributed by atoms with Gasteiger partial charge in [0.1, 0.15) is 0 Å². The summed E-state index contributed by atoms with van der Waals surface area (Å²) in [6.07, 6.45) is 1.00. The molecule has 4 heteroatoms. The first-order valence-corrected chi connectivity index (χ1v) is 7.13. The van der Waals surface area contributed by atoms with Crippen LogP contribution in [0.3, 0.4) is 0 Å². The quantitative estimate of drug-likeness (QED) is 0.869. The van der Waals surface area contributed by atoms with Crippen molar-refractivity contribution in [3.63, 3.8) is 0 Å². The van der Waals surface area contributed by atoms with Crippen molar-refractivity contribution >= 4 is 23.0 Å². The van der Waals surface area contributed by atoms with Crippen molar-refractivity contribution < 1.29 is 9.90 Å². The maximum atomic E-state index is 11.2. The van der Waals surface area contributed by atoms with Gasteiger partial charge in [0.15, 0.2) is 0 Å². The van der Waals surface area contributed by atoms with Gasteiger partial charge in [0.25, 0.3) is 0 Å². The molecule has 0 unspecified atom stereocenters. The number of nitrogens with one attached hydrogen (secondary N) is 1. The highest BCUT2D eigenvalue weighted by Gasteiger charge is 2.12. The molecule has 1 aromatic carbocycles. The number of hydrogen-bond donors (Lipinski definition) is 2. The molecular formula is C15H17NO2S. The van der Waals surface area contributed by atoms with Crippen molar-refractivity contribution in [2.24, 2.45) is 0 Å². The van der Waals surface area contributed by atoms with Gasteiger partial charge in [-0.05, 0) is 42.0 Å². The van der Waals surface area contributed by atoms with E-state index in [0.717, 1.165) is 12.0 Å². The lowest BCUT2D eigenvalue weighted by atomic mass is 10.1. The van der Waals surface area contributed by atoms with E-state index in [4.69, 9.17) is 0 Å². The third-order valence-electron chi connectivity index (χ3n) is 3.15. The summed E-state index contributed by atoms with van der Waals surface area (Å²) in [6.45, 7) is 4.72. The smallest absolute Gasteiger partial charge is 0.337 e. The number of aromatic carboxylic acids is 1. The van der Waals surface area contributed by atoms with Crippen LogP contribution in [0, 0.1) is 6.92 Å². The molecule has 2 rings (SSSR count). The normalized spacial score (nSPS) is 10.4. The van der Waals surface area contributed by atoms with E-state index in [1.807, 2.05) is 13.0 Å². The van der Waals surface area contributed by atoms with Crippen LogP contribution in [0.2, 0.25) is 0 Å². The van der Waals surface area contributed by atoms with Crippen LogP contribution < -0.4 is 5.32 Å². The number of rotatable bonds is 5. The zero-order valence-electron chi connectivity index (χ0n) is 11.1. The Kier molecular flexibility index (Phi) is 4.22. The van der Waals surface area contributed by atoms with Crippen LogP contribution in [0.5, 0.6) is 0 Å². The molecule has 0 saturated heterocycles. The molecule has 3 nitrogen and oxygen atoms in total. The largest absolute Gasteiger partial charge is 0.478 e. The third-order valence-corrected chi connectivity index (χ3v) is 4.11. The summed E-state index contributed by atoms with van der Waals surface area (Å²) < 4.78 is 0. The lowest BCUT2D eigenvalue weighted by Gasteiger charge is -2.12. The average Bonchev–Trinajstić information content (AvgIpc) is 2.84. The van der Waals surface area contributed by atoms with E-state index in [2.05, 4.69) is 23.7 Å². The Morgan fingerprint density at radius 1 is 1.37 bits per heavy atom. The molecule has 100 valence electrons. The Labute approximate surface area is 116 Å². The van der Waals surface area contributed by atoms with Crippen molar-refractivity contribution in [1.82, 2.24) is 0 Å². The zero-order valence-corrected chi connectivity index (χ0v) is 11.9. The number of thiophene rings is 1. The summed E-state index contributed by atoms with van der Waals surface area (Å²) >= 11 is 1.70. The fourth-order valence-electron chi connectivity index (χ4n) is 2.09. The van der Waals surface area contributed by atoms with Gasteiger partial charge in [-0.1, -0.05) is 19.1 Å². The molecule has 2 N–H and O–H groups in total. The average molecular weight is 275 g/mol. The van der Waals surface area contributed by atoms with Crippen LogP contribution >= 0.6 is 11.3 Å². The van der Waals surface area contributed by atoms with Crippen LogP contribution in [-0.4, -0.2) is 11.1 Å². The molecule has 1 heterocycles. The summed E-state index contributed by atoms with van der Waals surface area (Å²) in [5, 5.41) is 14.6. The van der Waals surface area contributed by atoms with E-state index in [9.17, 15) is 9.90 Å². The number of carboxylic acids is 1. The Bertz CT molecular complexity index is 590. The predicted octanol–water partition coefficient (Wildman–Crippen LogP) is 3.93. The van der Waals surface area contributed by atoms with E-state index >= 15 is 0 Å². The van der Waals surface area contributed by atoms with Crippen LogP contribution in [0.4, 0.5) is 5.69 Å². The number of carboxylic acid groups (broad SMARTS) is 1. The number of carbonyl (C=O) groups is 1. The molecule has 0 bridgehead atoms. The highest BCUT2D eigenvalue weighted by Crippen LogP contribution is 2.24. The van der Waals surface area contributed by atoms with E-state index in [1.165, 1.54) is 10.4 Å². The fourth-order valence-corrected chi connectivity index (χ4v) is 3.00. The molecule has 19 heavy (non-hydrogen) atoms. The first-order valence-electron chi connectivity index (χ1n) is 6.25. The standard InChI is InChI=1S/C15H17NO2S/c1-3-11-7-8-19-13(11)9-16-14-10(2)5-4-6-12(14)15(17)18/h4-8,16H,3,9H2,1-2H3,(H,17,18). The minimum atomic E-state index is -0.895. The van der Waals surface area contributed by atoms with Gasteiger partial charge in [-0.2, -0.15) is 0 Å². The summed E-state index contributed by atoms with van der Waals surface area (Å²) in [5.41, 5.74) is 3.32. The summed E-state index contributed by atoms with van der Waals surface area (Å²) in [5.74, 6) is -0.895. The maximum absolute atomic E-state index is 11.2. The molecule has 0 aliphatic heterocycles. The van der Waals surface area contributed by atoms with Crippen molar-refractivity contribution in [1.29, 1.82) is 0 Å². The minimum Gasteiger partial charge on any atom is -0.478 e. The molecule has 2 aromatic rings. The highest BCUT2D eigenvalue weighted by atomic mass is 32.1. The van der Waals surface area contributed by atoms with Crippen LogP contribution in [-0.2, 0) is 13.0 Å². The van der Waals surface area contributed by atoms with E-state index < -0.39 is 5.97 Å². The molecule has 0 spiro atoms. The van der Waals surface area contributed by atoms with Crippen molar-refractivity contribution in [2.75, 3.05) is 5.32 Å². The van der Waals surface area contributed by atoms with Crippen molar-refractivity contribution in [3.05, 3.63) is 51.2 Å². The van der Waals surface area contributed by atoms with Gasteiger partial charge < -0.3 is 10.4 Å². The molecule has 1 aromatic heterocycles. The van der Waals surface area contributed by atoms with Gasteiger partial charge in [-0.15, -0.1) is 11.3 Å². The molecule has 0 radical (unpaired) electrons. The molecule has 0 saturated carbocycles. The van der Waals surface area contributed by atoms with E-state index in [0.29, 0.717) is 17.8 Å². The second kappa shape index (κ2) is 5.89.